The van der Waals surface area contributed by atoms with Crippen molar-refractivity contribution in [2.45, 2.75) is 44.6 Å². The van der Waals surface area contributed by atoms with Gasteiger partial charge in [0, 0.05) is 0 Å². The van der Waals surface area contributed by atoms with Gasteiger partial charge in [-0.05, 0) is 39.0 Å². The molecule has 1 rings (SSSR count). The molecule has 0 saturated heterocycles. The molecule has 0 spiro atoms. The molecule has 0 bridgehead atoms. The standard InChI is InChI=1S/C10H16O3/c1-10(13-9(11)12)7-5-3-2-4-6-8-10/h2-3H,4-8H2,1H3,(H,11,12). The Bertz CT molecular complexity index is 210. The highest BCUT2D eigenvalue weighted by Gasteiger charge is 2.27. The monoisotopic (exact) mass is 184 g/mol. The summed E-state index contributed by atoms with van der Waals surface area (Å²) in [6, 6.07) is 0. The second-order valence-corrected chi connectivity index (χ2v) is 3.72. The van der Waals surface area contributed by atoms with Gasteiger partial charge in [0.25, 0.3) is 0 Å². The maximum absolute atomic E-state index is 10.4. The van der Waals surface area contributed by atoms with Crippen LogP contribution in [0.3, 0.4) is 0 Å². The molecule has 3 heteroatoms. The van der Waals surface area contributed by atoms with E-state index in [-0.39, 0.29) is 0 Å². The molecule has 0 fully saturated rings. The van der Waals surface area contributed by atoms with E-state index in [1.54, 1.807) is 0 Å². The van der Waals surface area contributed by atoms with Crippen molar-refractivity contribution < 1.29 is 14.6 Å². The third-order valence-corrected chi connectivity index (χ3v) is 2.42. The number of allylic oxidation sites excluding steroid dienone is 2. The van der Waals surface area contributed by atoms with Gasteiger partial charge >= 0.3 is 6.16 Å². The quantitative estimate of drug-likeness (QED) is 0.503. The summed E-state index contributed by atoms with van der Waals surface area (Å²) >= 11 is 0. The molecule has 1 unspecified atom stereocenters. The molecular weight excluding hydrogens is 168 g/mol. The number of carbonyl (C=O) groups is 1. The van der Waals surface area contributed by atoms with E-state index in [2.05, 4.69) is 12.2 Å². The van der Waals surface area contributed by atoms with Crippen LogP contribution in [0.15, 0.2) is 12.2 Å². The highest BCUT2D eigenvalue weighted by molar-refractivity contribution is 5.57. The number of hydrogen-bond donors (Lipinski definition) is 1. The summed E-state index contributed by atoms with van der Waals surface area (Å²) in [5.41, 5.74) is -0.476. The second-order valence-electron chi connectivity index (χ2n) is 3.72. The van der Waals surface area contributed by atoms with Crippen molar-refractivity contribution in [2.24, 2.45) is 0 Å². The van der Waals surface area contributed by atoms with Crippen LogP contribution >= 0.6 is 0 Å². The van der Waals surface area contributed by atoms with Crippen molar-refractivity contribution in [3.05, 3.63) is 12.2 Å². The highest BCUT2D eigenvalue weighted by Crippen LogP contribution is 2.26. The minimum Gasteiger partial charge on any atom is -0.450 e. The van der Waals surface area contributed by atoms with E-state index in [1.807, 2.05) is 6.92 Å². The minimum atomic E-state index is -1.16. The van der Waals surface area contributed by atoms with Gasteiger partial charge in [0.2, 0.25) is 0 Å². The first-order valence-electron chi connectivity index (χ1n) is 4.69. The summed E-state index contributed by atoms with van der Waals surface area (Å²) in [6.45, 7) is 1.88. The average Bonchev–Trinajstić information content (AvgIpc) is 1.97. The average molecular weight is 184 g/mol. The molecule has 0 aromatic rings. The van der Waals surface area contributed by atoms with Gasteiger partial charge in [0.1, 0.15) is 5.60 Å². The van der Waals surface area contributed by atoms with Crippen LogP contribution in [-0.2, 0) is 4.74 Å². The lowest BCUT2D eigenvalue weighted by Crippen LogP contribution is -2.31. The zero-order chi connectivity index (χ0) is 9.73. The third-order valence-electron chi connectivity index (χ3n) is 2.42. The van der Waals surface area contributed by atoms with E-state index in [9.17, 15) is 4.79 Å². The van der Waals surface area contributed by atoms with E-state index in [1.165, 1.54) is 0 Å². The molecule has 0 heterocycles. The lowest BCUT2D eigenvalue weighted by Gasteiger charge is -2.28. The molecule has 0 saturated carbocycles. The van der Waals surface area contributed by atoms with Crippen molar-refractivity contribution in [3.8, 4) is 0 Å². The summed E-state index contributed by atoms with van der Waals surface area (Å²) in [4.78, 5) is 10.4. The number of carboxylic acid groups (broad SMARTS) is 1. The van der Waals surface area contributed by atoms with Crippen molar-refractivity contribution in [1.29, 1.82) is 0 Å². The summed E-state index contributed by atoms with van der Waals surface area (Å²) in [6.07, 6.45) is 7.64. The molecule has 1 atom stereocenters. The number of ether oxygens (including phenoxy) is 1. The van der Waals surface area contributed by atoms with Crippen molar-refractivity contribution in [3.63, 3.8) is 0 Å². The summed E-state index contributed by atoms with van der Waals surface area (Å²) in [5.74, 6) is 0. The summed E-state index contributed by atoms with van der Waals surface area (Å²) in [5, 5.41) is 8.55. The summed E-state index contributed by atoms with van der Waals surface area (Å²) in [7, 11) is 0. The molecule has 0 aromatic heterocycles. The normalized spacial score (nSPS) is 29.0. The SMILES string of the molecule is CC1(OC(=O)O)CCC=CCCC1. The van der Waals surface area contributed by atoms with Gasteiger partial charge in [0.15, 0.2) is 0 Å². The van der Waals surface area contributed by atoms with Crippen LogP contribution in [0.2, 0.25) is 0 Å². The largest absolute Gasteiger partial charge is 0.506 e. The van der Waals surface area contributed by atoms with Gasteiger partial charge in [-0.15, -0.1) is 0 Å². The second kappa shape index (κ2) is 4.30. The van der Waals surface area contributed by atoms with Gasteiger partial charge in [-0.2, -0.15) is 0 Å². The zero-order valence-corrected chi connectivity index (χ0v) is 7.95. The van der Waals surface area contributed by atoms with Crippen LogP contribution in [0.5, 0.6) is 0 Å². The molecule has 0 aromatic carbocycles. The number of hydrogen-bond acceptors (Lipinski definition) is 2. The van der Waals surface area contributed by atoms with E-state index in [0.29, 0.717) is 0 Å². The zero-order valence-electron chi connectivity index (χ0n) is 7.95. The van der Waals surface area contributed by atoms with E-state index < -0.39 is 11.8 Å². The lowest BCUT2D eigenvalue weighted by atomic mass is 9.91. The third kappa shape index (κ3) is 3.49. The molecular formula is C10H16O3. The molecule has 74 valence electrons. The van der Waals surface area contributed by atoms with E-state index >= 15 is 0 Å². The molecule has 0 radical (unpaired) electrons. The Morgan fingerprint density at radius 2 is 2.08 bits per heavy atom. The fourth-order valence-electron chi connectivity index (χ4n) is 1.66. The van der Waals surface area contributed by atoms with E-state index in [4.69, 9.17) is 9.84 Å². The van der Waals surface area contributed by atoms with Gasteiger partial charge < -0.3 is 9.84 Å². The topological polar surface area (TPSA) is 46.5 Å². The van der Waals surface area contributed by atoms with Crippen molar-refractivity contribution in [2.75, 3.05) is 0 Å². The maximum atomic E-state index is 10.4. The van der Waals surface area contributed by atoms with E-state index in [0.717, 1.165) is 32.1 Å². The molecule has 3 nitrogen and oxygen atoms in total. The molecule has 1 aliphatic rings. The molecule has 13 heavy (non-hydrogen) atoms. The first kappa shape index (κ1) is 10.1. The maximum Gasteiger partial charge on any atom is 0.506 e. The predicted molar refractivity (Wildman–Crippen MR) is 49.7 cm³/mol. The molecule has 1 N–H and O–H groups in total. The lowest BCUT2D eigenvalue weighted by molar-refractivity contribution is -0.0187. The van der Waals surface area contributed by atoms with Gasteiger partial charge in [-0.3, -0.25) is 0 Å². The van der Waals surface area contributed by atoms with Crippen LogP contribution in [-0.4, -0.2) is 16.9 Å². The highest BCUT2D eigenvalue weighted by atomic mass is 16.7. The van der Waals surface area contributed by atoms with Crippen molar-refractivity contribution >= 4 is 6.16 Å². The van der Waals surface area contributed by atoms with Gasteiger partial charge in [-0.1, -0.05) is 12.2 Å². The van der Waals surface area contributed by atoms with Crippen LogP contribution in [0.4, 0.5) is 4.79 Å². The predicted octanol–water partition coefficient (Wildman–Crippen LogP) is 2.96. The molecule has 1 aliphatic carbocycles. The van der Waals surface area contributed by atoms with Crippen LogP contribution < -0.4 is 0 Å². The Hall–Kier alpha value is -0.990. The fraction of sp³-hybridized carbons (Fsp3) is 0.700. The minimum absolute atomic E-state index is 0.476. The number of rotatable bonds is 1. The molecule has 0 aliphatic heterocycles. The summed E-state index contributed by atoms with van der Waals surface area (Å²) < 4.78 is 4.90. The van der Waals surface area contributed by atoms with Crippen molar-refractivity contribution in [1.82, 2.24) is 0 Å². The van der Waals surface area contributed by atoms with Crippen LogP contribution in [0.25, 0.3) is 0 Å². The van der Waals surface area contributed by atoms with Gasteiger partial charge in [0.05, 0.1) is 0 Å². The smallest absolute Gasteiger partial charge is 0.450 e. The Morgan fingerprint density at radius 1 is 1.38 bits per heavy atom. The fourth-order valence-corrected chi connectivity index (χ4v) is 1.66. The Balaban J connectivity index is 2.53. The first-order valence-corrected chi connectivity index (χ1v) is 4.69. The van der Waals surface area contributed by atoms with Crippen LogP contribution in [0, 0.1) is 0 Å². The Morgan fingerprint density at radius 3 is 2.77 bits per heavy atom. The Kier molecular flexibility index (Phi) is 3.34. The van der Waals surface area contributed by atoms with Gasteiger partial charge in [-0.25, -0.2) is 4.79 Å². The first-order chi connectivity index (χ1) is 6.12. The Labute approximate surface area is 78.4 Å². The molecule has 0 amide bonds. The van der Waals surface area contributed by atoms with Crippen LogP contribution in [0.1, 0.15) is 39.0 Å².